The number of ether oxygens (including phenoxy) is 3. The molecule has 0 aliphatic carbocycles. The molecule has 0 radical (unpaired) electrons. The molecular weight excluding hydrogens is 516 g/mol. The lowest BCUT2D eigenvalue weighted by Gasteiger charge is -2.36. The zero-order valence-electron chi connectivity index (χ0n) is 23.9. The van der Waals surface area contributed by atoms with Crippen LogP contribution in [0.3, 0.4) is 0 Å². The molecule has 1 atom stereocenters. The number of nitrogens with one attached hydrogen (secondary N) is 1. The molecule has 0 fully saturated rings. The molecule has 0 unspecified atom stereocenters. The number of hydrogen-bond acceptors (Lipinski definition) is 5. The van der Waals surface area contributed by atoms with Crippen LogP contribution in [0, 0.1) is 0 Å². The summed E-state index contributed by atoms with van der Waals surface area (Å²) < 4.78 is 16.5. The number of rotatable bonds is 12. The smallest absolute Gasteiger partial charge is 0.305 e. The van der Waals surface area contributed by atoms with Gasteiger partial charge in [-0.25, -0.2) is 0 Å². The third kappa shape index (κ3) is 6.73. The number of aromatic nitrogens is 1. The zero-order valence-corrected chi connectivity index (χ0v) is 23.9. The van der Waals surface area contributed by atoms with Crippen LogP contribution in [-0.2, 0) is 27.4 Å². The summed E-state index contributed by atoms with van der Waals surface area (Å²) in [5.41, 5.74) is 5.46. The first-order valence-corrected chi connectivity index (χ1v) is 14.5. The third-order valence-corrected chi connectivity index (χ3v) is 7.68. The number of methoxy groups -OCH3 is 1. The van der Waals surface area contributed by atoms with Gasteiger partial charge >= 0.3 is 5.97 Å². The van der Waals surface area contributed by atoms with Crippen molar-refractivity contribution >= 4 is 22.8 Å². The first kappa shape index (κ1) is 28.3. The Morgan fingerprint density at radius 3 is 2.44 bits per heavy atom. The van der Waals surface area contributed by atoms with Crippen molar-refractivity contribution in [1.29, 1.82) is 0 Å². The number of aromatic amines is 1. The zero-order chi connectivity index (χ0) is 28.6. The lowest BCUT2D eigenvalue weighted by Crippen LogP contribution is -2.40. The van der Waals surface area contributed by atoms with Crippen LogP contribution in [0.4, 0.5) is 0 Å². The minimum atomic E-state index is -0.229. The Morgan fingerprint density at radius 1 is 0.927 bits per heavy atom. The van der Waals surface area contributed by atoms with Crippen molar-refractivity contribution in [2.45, 2.75) is 58.1 Å². The van der Waals surface area contributed by atoms with Crippen LogP contribution in [0.1, 0.15) is 67.5 Å². The SMILES string of the molecule is CCOC(=O)CCCCCC(=O)N1CCc2c([nH]c3ccc(OC)cc23)[C@H]1c1ccc(OCc2ccccc2)cc1. The first-order valence-electron chi connectivity index (χ1n) is 14.5. The topological polar surface area (TPSA) is 80.9 Å². The van der Waals surface area contributed by atoms with Gasteiger partial charge in [0.05, 0.1) is 19.8 Å². The first-order chi connectivity index (χ1) is 20.1. The number of amides is 1. The molecular formula is C34H38N2O5. The minimum absolute atomic E-state index is 0.123. The van der Waals surface area contributed by atoms with Gasteiger partial charge in [0.25, 0.3) is 0 Å². The molecule has 41 heavy (non-hydrogen) atoms. The number of H-pyrrole nitrogens is 1. The molecule has 5 rings (SSSR count). The highest BCUT2D eigenvalue weighted by Gasteiger charge is 2.34. The summed E-state index contributed by atoms with van der Waals surface area (Å²) >= 11 is 0. The molecule has 0 saturated carbocycles. The number of hydrogen-bond donors (Lipinski definition) is 1. The standard InChI is InChI=1S/C34H38N2O5/c1-3-40-32(38)13-9-5-8-12-31(37)36-21-20-28-29-22-27(39-2)18-19-30(29)35-33(28)34(36)25-14-16-26(17-15-25)41-23-24-10-6-4-7-11-24/h4,6-7,10-11,14-19,22,34-35H,3,5,8-9,12-13,20-21,23H2,1-2H3/t34-/m1/s1. The molecule has 4 aromatic rings. The molecule has 1 N–H and O–H groups in total. The molecule has 1 aliphatic rings. The maximum atomic E-state index is 13.6. The number of carbonyl (C=O) groups is 2. The summed E-state index contributed by atoms with van der Waals surface area (Å²) in [6.07, 6.45) is 3.90. The molecule has 0 saturated heterocycles. The molecule has 7 heteroatoms. The minimum Gasteiger partial charge on any atom is -0.497 e. The van der Waals surface area contributed by atoms with Crippen molar-refractivity contribution in [2.75, 3.05) is 20.3 Å². The van der Waals surface area contributed by atoms with Crippen molar-refractivity contribution in [3.8, 4) is 11.5 Å². The normalized spacial score (nSPS) is 14.5. The molecule has 1 amide bonds. The lowest BCUT2D eigenvalue weighted by atomic mass is 9.91. The Labute approximate surface area is 241 Å². The molecule has 1 aromatic heterocycles. The van der Waals surface area contributed by atoms with Gasteiger partial charge in [0.15, 0.2) is 0 Å². The number of nitrogens with zero attached hydrogens (tertiary/aromatic N) is 1. The number of unbranched alkanes of at least 4 members (excludes halogenated alkanes) is 2. The van der Waals surface area contributed by atoms with E-state index in [1.165, 1.54) is 5.56 Å². The fourth-order valence-electron chi connectivity index (χ4n) is 5.60. The monoisotopic (exact) mass is 554 g/mol. The van der Waals surface area contributed by atoms with Crippen molar-refractivity contribution < 1.29 is 23.8 Å². The van der Waals surface area contributed by atoms with E-state index in [1.807, 2.05) is 66.4 Å². The Balaban J connectivity index is 1.35. The van der Waals surface area contributed by atoms with Gasteiger partial charge in [0.2, 0.25) is 5.91 Å². The molecule has 7 nitrogen and oxygen atoms in total. The van der Waals surface area contributed by atoms with Gasteiger partial charge in [-0.3, -0.25) is 9.59 Å². The summed E-state index contributed by atoms with van der Waals surface area (Å²) in [4.78, 5) is 30.9. The number of esters is 1. The van der Waals surface area contributed by atoms with E-state index in [9.17, 15) is 9.59 Å². The fourth-order valence-corrected chi connectivity index (χ4v) is 5.60. The van der Waals surface area contributed by atoms with E-state index in [2.05, 4.69) is 23.2 Å². The van der Waals surface area contributed by atoms with Crippen LogP contribution in [0.5, 0.6) is 11.5 Å². The number of carbonyl (C=O) groups excluding carboxylic acids is 2. The van der Waals surface area contributed by atoms with E-state index < -0.39 is 0 Å². The predicted molar refractivity (Wildman–Crippen MR) is 159 cm³/mol. The van der Waals surface area contributed by atoms with E-state index in [1.54, 1.807) is 7.11 Å². The van der Waals surface area contributed by atoms with Gasteiger partial charge in [0, 0.05) is 36.0 Å². The van der Waals surface area contributed by atoms with Gasteiger partial charge < -0.3 is 24.1 Å². The second kappa shape index (κ2) is 13.4. The Hall–Kier alpha value is -4.26. The largest absolute Gasteiger partial charge is 0.497 e. The number of fused-ring (bicyclic) bond motifs is 3. The summed E-state index contributed by atoms with van der Waals surface area (Å²) in [5.74, 6) is 1.55. The van der Waals surface area contributed by atoms with E-state index >= 15 is 0 Å². The molecule has 3 aromatic carbocycles. The van der Waals surface area contributed by atoms with E-state index in [4.69, 9.17) is 14.2 Å². The van der Waals surface area contributed by atoms with Crippen LogP contribution in [0.15, 0.2) is 72.8 Å². The second-order valence-corrected chi connectivity index (χ2v) is 10.4. The highest BCUT2D eigenvalue weighted by Crippen LogP contribution is 2.40. The highest BCUT2D eigenvalue weighted by atomic mass is 16.5. The van der Waals surface area contributed by atoms with Crippen LogP contribution >= 0.6 is 0 Å². The van der Waals surface area contributed by atoms with Gasteiger partial charge in [-0.15, -0.1) is 0 Å². The van der Waals surface area contributed by atoms with Crippen LogP contribution in [-0.4, -0.2) is 42.0 Å². The van der Waals surface area contributed by atoms with Crippen LogP contribution in [0.25, 0.3) is 10.9 Å². The maximum Gasteiger partial charge on any atom is 0.305 e. The van der Waals surface area contributed by atoms with Crippen molar-refractivity contribution in [3.63, 3.8) is 0 Å². The van der Waals surface area contributed by atoms with E-state index in [-0.39, 0.29) is 17.9 Å². The second-order valence-electron chi connectivity index (χ2n) is 10.4. The van der Waals surface area contributed by atoms with Crippen LogP contribution in [0.2, 0.25) is 0 Å². The summed E-state index contributed by atoms with van der Waals surface area (Å²) in [6.45, 7) is 3.34. The Morgan fingerprint density at radius 2 is 1.68 bits per heavy atom. The van der Waals surface area contributed by atoms with Gasteiger partial charge in [-0.1, -0.05) is 48.9 Å². The molecule has 214 valence electrons. The molecule has 1 aliphatic heterocycles. The van der Waals surface area contributed by atoms with E-state index in [0.717, 1.165) is 64.9 Å². The van der Waals surface area contributed by atoms with E-state index in [0.29, 0.717) is 32.6 Å². The van der Waals surface area contributed by atoms with Crippen molar-refractivity contribution in [3.05, 3.63) is 95.2 Å². The average Bonchev–Trinajstić information content (AvgIpc) is 3.38. The number of benzene rings is 3. The van der Waals surface area contributed by atoms with Crippen molar-refractivity contribution in [2.24, 2.45) is 0 Å². The summed E-state index contributed by atoms with van der Waals surface area (Å²) in [7, 11) is 1.68. The van der Waals surface area contributed by atoms with Gasteiger partial charge in [0.1, 0.15) is 18.1 Å². The van der Waals surface area contributed by atoms with Gasteiger partial charge in [-0.05, 0) is 73.2 Å². The van der Waals surface area contributed by atoms with Gasteiger partial charge in [-0.2, -0.15) is 0 Å². The van der Waals surface area contributed by atoms with Crippen molar-refractivity contribution in [1.82, 2.24) is 9.88 Å². The molecule has 0 bridgehead atoms. The maximum absolute atomic E-state index is 13.6. The predicted octanol–water partition coefficient (Wildman–Crippen LogP) is 6.74. The molecule has 0 spiro atoms. The van der Waals surface area contributed by atoms with Crippen LogP contribution < -0.4 is 9.47 Å². The summed E-state index contributed by atoms with van der Waals surface area (Å²) in [6, 6.07) is 24.0. The third-order valence-electron chi connectivity index (χ3n) is 7.68. The molecule has 2 heterocycles. The lowest BCUT2D eigenvalue weighted by molar-refractivity contribution is -0.143. The summed E-state index contributed by atoms with van der Waals surface area (Å²) in [5, 5.41) is 1.14. The quantitative estimate of drug-likeness (QED) is 0.155. The Bertz CT molecular complexity index is 1460. The average molecular weight is 555 g/mol. The highest BCUT2D eigenvalue weighted by molar-refractivity contribution is 5.88. The fraction of sp³-hybridized carbons (Fsp3) is 0.353. The Kier molecular flexibility index (Phi) is 9.24.